The summed E-state index contributed by atoms with van der Waals surface area (Å²) in [5.41, 5.74) is 2.51. The summed E-state index contributed by atoms with van der Waals surface area (Å²) in [6, 6.07) is 4.01. The lowest BCUT2D eigenvalue weighted by atomic mass is 9.78. The zero-order valence-electron chi connectivity index (χ0n) is 16.6. The molecule has 0 bridgehead atoms. The van der Waals surface area contributed by atoms with Gasteiger partial charge in [-0.25, -0.2) is 0 Å². The number of aliphatic hydroxyl groups excluding tert-OH is 1. The Morgan fingerprint density at radius 3 is 1.96 bits per heavy atom. The monoisotopic (exact) mass is 350 g/mol. The lowest BCUT2D eigenvalue weighted by Gasteiger charge is -2.28. The van der Waals surface area contributed by atoms with E-state index in [2.05, 4.69) is 41.5 Å². The summed E-state index contributed by atoms with van der Waals surface area (Å²) in [6.07, 6.45) is 2.24. The highest BCUT2D eigenvalue weighted by atomic mass is 16.5. The number of hydrogen-bond acceptors (Lipinski definition) is 4. The molecule has 0 aromatic heterocycles. The van der Waals surface area contributed by atoms with Crippen LogP contribution in [0.5, 0.6) is 5.75 Å². The van der Waals surface area contributed by atoms with Gasteiger partial charge >= 0.3 is 5.97 Å². The number of hydrogen-bond donors (Lipinski definition) is 2. The Kier molecular flexibility index (Phi) is 7.48. The third-order valence-electron chi connectivity index (χ3n) is 4.22. The van der Waals surface area contributed by atoms with E-state index in [9.17, 15) is 9.90 Å². The minimum absolute atomic E-state index is 0.121. The van der Waals surface area contributed by atoms with Crippen molar-refractivity contribution in [1.29, 1.82) is 0 Å². The van der Waals surface area contributed by atoms with E-state index >= 15 is 0 Å². The van der Waals surface area contributed by atoms with Crippen molar-refractivity contribution in [3.8, 4) is 5.75 Å². The second-order valence-corrected chi connectivity index (χ2v) is 8.69. The molecule has 0 unspecified atom stereocenters. The molecule has 0 heterocycles. The van der Waals surface area contributed by atoms with Gasteiger partial charge in [0.1, 0.15) is 5.75 Å². The number of esters is 1. The van der Waals surface area contributed by atoms with Crippen molar-refractivity contribution in [2.24, 2.45) is 0 Å². The summed E-state index contributed by atoms with van der Waals surface area (Å²) < 4.78 is 5.19. The van der Waals surface area contributed by atoms with Crippen LogP contribution in [0.1, 0.15) is 77.5 Å². The first-order valence-electron chi connectivity index (χ1n) is 9.10. The summed E-state index contributed by atoms with van der Waals surface area (Å²) in [7, 11) is 0. The van der Waals surface area contributed by atoms with Crippen LogP contribution in [-0.2, 0) is 26.8 Å². The highest BCUT2D eigenvalue weighted by Crippen LogP contribution is 2.39. The molecule has 2 N–H and O–H groups in total. The number of aryl methyl sites for hydroxylation is 1. The quantitative estimate of drug-likeness (QED) is 0.570. The molecule has 25 heavy (non-hydrogen) atoms. The summed E-state index contributed by atoms with van der Waals surface area (Å²) >= 11 is 0. The highest BCUT2D eigenvalue weighted by Gasteiger charge is 2.26. The second kappa shape index (κ2) is 8.70. The molecule has 1 aromatic rings. The highest BCUT2D eigenvalue weighted by molar-refractivity contribution is 5.69. The lowest BCUT2D eigenvalue weighted by Crippen LogP contribution is -2.18. The third-order valence-corrected chi connectivity index (χ3v) is 4.22. The Morgan fingerprint density at radius 1 is 1.00 bits per heavy atom. The van der Waals surface area contributed by atoms with Crippen LogP contribution < -0.4 is 0 Å². The minimum Gasteiger partial charge on any atom is -0.507 e. The fourth-order valence-corrected chi connectivity index (χ4v) is 2.70. The number of rotatable bonds is 7. The number of aromatic hydroxyl groups is 1. The van der Waals surface area contributed by atoms with E-state index in [1.165, 1.54) is 0 Å². The Morgan fingerprint density at radius 2 is 1.52 bits per heavy atom. The topological polar surface area (TPSA) is 66.8 Å². The molecule has 0 amide bonds. The normalized spacial score (nSPS) is 12.3. The lowest BCUT2D eigenvalue weighted by molar-refractivity contribution is -0.143. The van der Waals surface area contributed by atoms with Gasteiger partial charge in [-0.05, 0) is 46.8 Å². The molecule has 0 aliphatic carbocycles. The van der Waals surface area contributed by atoms with Crippen LogP contribution in [0.3, 0.4) is 0 Å². The van der Waals surface area contributed by atoms with E-state index < -0.39 is 0 Å². The largest absolute Gasteiger partial charge is 0.507 e. The molecule has 0 atom stereocenters. The number of ether oxygens (including phenoxy) is 1. The first-order chi connectivity index (χ1) is 11.5. The van der Waals surface area contributed by atoms with E-state index in [0.29, 0.717) is 38.0 Å². The first-order valence-corrected chi connectivity index (χ1v) is 9.10. The SMILES string of the molecule is CC(C)(C)c1cc(CCC(=O)OCCCCO)cc(C(C)(C)C)c1O. The zero-order valence-corrected chi connectivity index (χ0v) is 16.6. The van der Waals surface area contributed by atoms with Crippen molar-refractivity contribution in [3.63, 3.8) is 0 Å². The van der Waals surface area contributed by atoms with Gasteiger partial charge in [-0.2, -0.15) is 0 Å². The zero-order chi connectivity index (χ0) is 19.3. The van der Waals surface area contributed by atoms with Crippen molar-refractivity contribution in [2.45, 2.75) is 78.1 Å². The van der Waals surface area contributed by atoms with E-state index in [0.717, 1.165) is 16.7 Å². The van der Waals surface area contributed by atoms with Gasteiger partial charge in [0, 0.05) is 13.0 Å². The van der Waals surface area contributed by atoms with Gasteiger partial charge in [0.05, 0.1) is 6.61 Å². The number of carbonyl (C=O) groups is 1. The Bertz CT molecular complexity index is 542. The summed E-state index contributed by atoms with van der Waals surface area (Å²) in [6.45, 7) is 12.9. The maximum Gasteiger partial charge on any atom is 0.306 e. The number of benzene rings is 1. The third kappa shape index (κ3) is 6.69. The molecule has 1 aromatic carbocycles. The van der Waals surface area contributed by atoms with Crippen molar-refractivity contribution in [3.05, 3.63) is 28.8 Å². The Balaban J connectivity index is 2.91. The van der Waals surface area contributed by atoms with Gasteiger partial charge in [0.15, 0.2) is 0 Å². The van der Waals surface area contributed by atoms with Gasteiger partial charge < -0.3 is 14.9 Å². The van der Waals surface area contributed by atoms with Gasteiger partial charge in [-0.15, -0.1) is 0 Å². The van der Waals surface area contributed by atoms with Crippen LogP contribution >= 0.6 is 0 Å². The molecular formula is C21H34O4. The maximum absolute atomic E-state index is 11.9. The van der Waals surface area contributed by atoms with E-state index in [1.807, 2.05) is 12.1 Å². The van der Waals surface area contributed by atoms with Crippen LogP contribution in [-0.4, -0.2) is 29.4 Å². The predicted molar refractivity (Wildman–Crippen MR) is 101 cm³/mol. The average Bonchev–Trinajstić information content (AvgIpc) is 2.48. The standard InChI is InChI=1S/C21H34O4/c1-20(2,3)16-13-15(14-17(19(16)24)21(4,5)6)9-10-18(23)25-12-8-7-11-22/h13-14,22,24H,7-12H2,1-6H3. The van der Waals surface area contributed by atoms with Crippen molar-refractivity contribution >= 4 is 5.97 Å². The van der Waals surface area contributed by atoms with Crippen molar-refractivity contribution < 1.29 is 19.7 Å². The van der Waals surface area contributed by atoms with E-state index in [1.54, 1.807) is 0 Å². The molecule has 4 heteroatoms. The Hall–Kier alpha value is -1.55. The average molecular weight is 350 g/mol. The molecule has 0 spiro atoms. The number of phenolic OH excluding ortho intramolecular Hbond substituents is 1. The molecule has 142 valence electrons. The molecule has 0 saturated carbocycles. The Labute approximate surface area is 152 Å². The maximum atomic E-state index is 11.9. The summed E-state index contributed by atoms with van der Waals surface area (Å²) in [5.74, 6) is 0.135. The molecule has 0 saturated heterocycles. The smallest absolute Gasteiger partial charge is 0.306 e. The van der Waals surface area contributed by atoms with Crippen molar-refractivity contribution in [2.75, 3.05) is 13.2 Å². The van der Waals surface area contributed by atoms with Crippen LogP contribution in [0.25, 0.3) is 0 Å². The molecule has 1 rings (SSSR count). The molecule has 0 radical (unpaired) electrons. The van der Waals surface area contributed by atoms with Crippen LogP contribution in [0, 0.1) is 0 Å². The first kappa shape index (κ1) is 21.5. The molecule has 0 fully saturated rings. The number of phenols is 1. The molecule has 0 aliphatic heterocycles. The van der Waals surface area contributed by atoms with E-state index in [-0.39, 0.29) is 23.4 Å². The van der Waals surface area contributed by atoms with Crippen LogP contribution in [0.2, 0.25) is 0 Å². The van der Waals surface area contributed by atoms with Gasteiger partial charge in [0.2, 0.25) is 0 Å². The number of aliphatic hydroxyl groups is 1. The molecular weight excluding hydrogens is 316 g/mol. The fraction of sp³-hybridized carbons (Fsp3) is 0.667. The minimum atomic E-state index is -0.222. The predicted octanol–water partition coefficient (Wildman–Crippen LogP) is 4.24. The second-order valence-electron chi connectivity index (χ2n) is 8.69. The molecule has 0 aliphatic rings. The molecule has 4 nitrogen and oxygen atoms in total. The summed E-state index contributed by atoms with van der Waals surface area (Å²) in [5, 5.41) is 19.4. The fourth-order valence-electron chi connectivity index (χ4n) is 2.70. The number of unbranched alkanes of at least 4 members (excludes halogenated alkanes) is 1. The van der Waals surface area contributed by atoms with Crippen LogP contribution in [0.15, 0.2) is 12.1 Å². The summed E-state index contributed by atoms with van der Waals surface area (Å²) in [4.78, 5) is 11.9. The van der Waals surface area contributed by atoms with Gasteiger partial charge in [-0.3, -0.25) is 4.79 Å². The number of carbonyl (C=O) groups excluding carboxylic acids is 1. The van der Waals surface area contributed by atoms with Gasteiger partial charge in [-0.1, -0.05) is 53.7 Å². The van der Waals surface area contributed by atoms with Crippen LogP contribution in [0.4, 0.5) is 0 Å². The van der Waals surface area contributed by atoms with Gasteiger partial charge in [0.25, 0.3) is 0 Å². The van der Waals surface area contributed by atoms with Crippen molar-refractivity contribution in [1.82, 2.24) is 0 Å². The van der Waals surface area contributed by atoms with E-state index in [4.69, 9.17) is 9.84 Å².